The minimum atomic E-state index is -5.35. The van der Waals surface area contributed by atoms with Crippen LogP contribution in [0.2, 0.25) is 5.02 Å². The molecule has 2 amide bonds. The number of benzene rings is 2. The summed E-state index contributed by atoms with van der Waals surface area (Å²) in [6, 6.07) is 8.06. The third kappa shape index (κ3) is 5.70. The number of ether oxygens (including phenoxy) is 1. The van der Waals surface area contributed by atoms with Gasteiger partial charge in [0.05, 0.1) is 42.0 Å². The first-order valence-electron chi connectivity index (χ1n) is 11.8. The molecule has 1 atom stereocenters. The van der Waals surface area contributed by atoms with Gasteiger partial charge in [0.25, 0.3) is 5.91 Å². The third-order valence-corrected chi connectivity index (χ3v) is 6.28. The van der Waals surface area contributed by atoms with E-state index in [9.17, 15) is 32.3 Å². The summed E-state index contributed by atoms with van der Waals surface area (Å²) in [5.74, 6) is -2.53. The van der Waals surface area contributed by atoms with Gasteiger partial charge in [-0.1, -0.05) is 11.6 Å². The van der Waals surface area contributed by atoms with Gasteiger partial charge in [0.1, 0.15) is 17.3 Å². The molecule has 5 N–H and O–H groups in total. The number of alkyl halides is 3. The van der Waals surface area contributed by atoms with Crippen molar-refractivity contribution in [3.05, 3.63) is 76.3 Å². The van der Waals surface area contributed by atoms with Crippen molar-refractivity contribution in [3.8, 4) is 17.0 Å². The van der Waals surface area contributed by atoms with Crippen LogP contribution in [0.4, 0.5) is 17.6 Å². The topological polar surface area (TPSA) is 143 Å². The van der Waals surface area contributed by atoms with Crippen LogP contribution in [0.3, 0.4) is 0 Å². The smallest absolute Gasteiger partial charge is 0.424 e. The molecule has 2 aromatic carbocycles. The zero-order valence-corrected chi connectivity index (χ0v) is 21.5. The fourth-order valence-electron chi connectivity index (χ4n) is 4.02. The van der Waals surface area contributed by atoms with Crippen LogP contribution in [0.5, 0.6) is 5.75 Å². The third-order valence-electron chi connectivity index (χ3n) is 5.98. The summed E-state index contributed by atoms with van der Waals surface area (Å²) in [6.45, 7) is 0.297. The van der Waals surface area contributed by atoms with Crippen molar-refractivity contribution >= 4 is 34.3 Å². The van der Waals surface area contributed by atoms with E-state index in [1.165, 1.54) is 30.5 Å². The zero-order valence-electron chi connectivity index (χ0n) is 20.8. The Morgan fingerprint density at radius 1 is 1.18 bits per heavy atom. The van der Waals surface area contributed by atoms with Gasteiger partial charge in [-0.2, -0.15) is 18.3 Å². The highest BCUT2D eigenvalue weighted by Crippen LogP contribution is 2.42. The first-order chi connectivity index (χ1) is 18.8. The maximum Gasteiger partial charge on any atom is 0.424 e. The lowest BCUT2D eigenvalue weighted by atomic mass is 9.93. The molecule has 0 aliphatic heterocycles. The maximum absolute atomic E-state index is 14.5. The van der Waals surface area contributed by atoms with E-state index in [1.807, 2.05) is 0 Å². The van der Waals surface area contributed by atoms with Crippen molar-refractivity contribution in [2.24, 2.45) is 5.73 Å². The number of nitrogens with zero attached hydrogens (tertiary/aromatic N) is 2. The van der Waals surface area contributed by atoms with Crippen LogP contribution < -0.4 is 15.8 Å². The van der Waals surface area contributed by atoms with Gasteiger partial charge in [-0.15, -0.1) is 0 Å². The van der Waals surface area contributed by atoms with E-state index in [0.29, 0.717) is 10.9 Å². The number of carbonyl (C=O) groups is 2. The number of hydrogen-bond donors (Lipinski definition) is 4. The molecular weight excluding hydrogens is 558 g/mol. The molecule has 40 heavy (non-hydrogen) atoms. The molecule has 0 radical (unpaired) electrons. The van der Waals surface area contributed by atoms with Crippen LogP contribution in [-0.4, -0.2) is 51.4 Å². The average molecular weight is 580 g/mol. The number of amides is 2. The van der Waals surface area contributed by atoms with Crippen molar-refractivity contribution in [1.82, 2.24) is 20.5 Å². The second kappa shape index (κ2) is 11.1. The summed E-state index contributed by atoms with van der Waals surface area (Å²) < 4.78 is 62.5. The van der Waals surface area contributed by atoms with E-state index in [1.54, 1.807) is 6.92 Å². The van der Waals surface area contributed by atoms with Gasteiger partial charge >= 0.3 is 6.18 Å². The molecule has 4 rings (SSSR count). The summed E-state index contributed by atoms with van der Waals surface area (Å²) in [6.07, 6.45) is -4.52. The highest BCUT2D eigenvalue weighted by atomic mass is 35.5. The Morgan fingerprint density at radius 2 is 1.88 bits per heavy atom. The van der Waals surface area contributed by atoms with Crippen molar-refractivity contribution in [2.45, 2.75) is 25.1 Å². The molecule has 0 aliphatic rings. The molecule has 2 heterocycles. The first-order valence-corrected chi connectivity index (χ1v) is 12.1. The van der Waals surface area contributed by atoms with Gasteiger partial charge < -0.3 is 20.9 Å². The predicted molar refractivity (Wildman–Crippen MR) is 137 cm³/mol. The number of halogens is 5. The summed E-state index contributed by atoms with van der Waals surface area (Å²) in [4.78, 5) is 28.7. The number of fused-ring (bicyclic) bond motifs is 1. The molecule has 2 aromatic heterocycles. The number of nitrogens with one attached hydrogen (secondary N) is 2. The summed E-state index contributed by atoms with van der Waals surface area (Å²) in [7, 11) is 0. The number of aromatic amines is 1. The number of rotatable bonds is 9. The highest BCUT2D eigenvalue weighted by Gasteiger charge is 2.56. The standard InChI is InChI=1S/C26H22ClF4N5O4/c1-2-40-23-14(10-20(32)37)9-19(35-22(23)13-3-5-17(28)6-4-13)25(39,26(29,30)31)12-33-24(38)15-7-16-11-34-36-21(16)18(27)8-15/h3-9,11,39H,2,10,12H2,1H3,(H2,32,37)(H,33,38)(H,34,36)/t25-/m0/s1. The van der Waals surface area contributed by atoms with E-state index in [4.69, 9.17) is 22.1 Å². The van der Waals surface area contributed by atoms with Crippen LogP contribution in [0.1, 0.15) is 28.5 Å². The molecule has 0 aliphatic carbocycles. The first kappa shape index (κ1) is 28.8. The number of nitrogens with two attached hydrogens (primary N) is 1. The lowest BCUT2D eigenvalue weighted by Gasteiger charge is -2.31. The van der Waals surface area contributed by atoms with E-state index in [2.05, 4.69) is 20.5 Å². The van der Waals surface area contributed by atoms with Crippen LogP contribution in [0, 0.1) is 5.82 Å². The highest BCUT2D eigenvalue weighted by molar-refractivity contribution is 6.35. The Balaban J connectivity index is 1.80. The molecular formula is C26H22ClF4N5O4. The van der Waals surface area contributed by atoms with Gasteiger partial charge in [0, 0.05) is 22.1 Å². The molecule has 0 unspecified atom stereocenters. The average Bonchev–Trinajstić information content (AvgIpc) is 3.37. The monoisotopic (exact) mass is 579 g/mol. The summed E-state index contributed by atoms with van der Waals surface area (Å²) in [5, 5.41) is 20.1. The molecule has 4 aromatic rings. The van der Waals surface area contributed by atoms with Gasteiger partial charge in [0.15, 0.2) is 0 Å². The van der Waals surface area contributed by atoms with Crippen molar-refractivity contribution in [1.29, 1.82) is 0 Å². The van der Waals surface area contributed by atoms with Gasteiger partial charge in [-0.25, -0.2) is 9.37 Å². The second-order valence-electron chi connectivity index (χ2n) is 8.76. The summed E-state index contributed by atoms with van der Waals surface area (Å²) >= 11 is 6.13. The number of aromatic nitrogens is 3. The van der Waals surface area contributed by atoms with Crippen molar-refractivity contribution in [3.63, 3.8) is 0 Å². The molecule has 0 fully saturated rings. The Hall–Kier alpha value is -4.23. The van der Waals surface area contributed by atoms with Gasteiger partial charge in [-0.3, -0.25) is 14.7 Å². The fourth-order valence-corrected chi connectivity index (χ4v) is 4.29. The molecule has 9 nitrogen and oxygen atoms in total. The Labute approximate surface area is 229 Å². The van der Waals surface area contributed by atoms with Crippen LogP contribution in [-0.2, 0) is 16.8 Å². The lowest BCUT2D eigenvalue weighted by molar-refractivity contribution is -0.265. The van der Waals surface area contributed by atoms with Crippen molar-refractivity contribution < 1.29 is 37.0 Å². The number of hydrogen-bond acceptors (Lipinski definition) is 6. The minimum absolute atomic E-state index is 0.0458. The molecule has 0 saturated carbocycles. The fraction of sp³-hybridized carbons (Fsp3) is 0.231. The number of H-pyrrole nitrogens is 1. The lowest BCUT2D eigenvalue weighted by Crippen LogP contribution is -2.51. The quantitative estimate of drug-likeness (QED) is 0.221. The maximum atomic E-state index is 14.5. The number of primary amides is 1. The molecule has 0 bridgehead atoms. The Bertz CT molecular complexity index is 1580. The van der Waals surface area contributed by atoms with E-state index < -0.39 is 48.1 Å². The minimum Gasteiger partial charge on any atom is -0.491 e. The number of aliphatic hydroxyl groups is 1. The predicted octanol–water partition coefficient (Wildman–Crippen LogP) is 4.02. The van der Waals surface area contributed by atoms with Crippen LogP contribution >= 0.6 is 11.6 Å². The second-order valence-corrected chi connectivity index (χ2v) is 9.17. The SMILES string of the molecule is CCOc1c(CC(N)=O)cc([C@@](O)(CNC(=O)c2cc(Cl)c3[nH]ncc3c2)C(F)(F)F)nc1-c1ccc(F)cc1. The van der Waals surface area contributed by atoms with Crippen LogP contribution in [0.15, 0.2) is 48.7 Å². The van der Waals surface area contributed by atoms with Crippen molar-refractivity contribution in [2.75, 3.05) is 13.2 Å². The Morgan fingerprint density at radius 3 is 2.50 bits per heavy atom. The number of carbonyl (C=O) groups excluding carboxylic acids is 2. The molecule has 0 saturated heterocycles. The molecule has 0 spiro atoms. The largest absolute Gasteiger partial charge is 0.491 e. The van der Waals surface area contributed by atoms with E-state index in [0.717, 1.165) is 18.2 Å². The van der Waals surface area contributed by atoms with Crippen LogP contribution in [0.25, 0.3) is 22.2 Å². The zero-order chi connectivity index (χ0) is 29.2. The molecule has 14 heteroatoms. The summed E-state index contributed by atoms with van der Waals surface area (Å²) in [5.41, 5.74) is 0.872. The molecule has 210 valence electrons. The Kier molecular flexibility index (Phi) is 7.98. The van der Waals surface area contributed by atoms with Gasteiger partial charge in [0.2, 0.25) is 11.5 Å². The normalized spacial score (nSPS) is 13.2. The van der Waals surface area contributed by atoms with E-state index in [-0.39, 0.29) is 39.8 Å². The van der Waals surface area contributed by atoms with E-state index >= 15 is 0 Å². The van der Waals surface area contributed by atoms with Gasteiger partial charge in [-0.05, 0) is 49.4 Å². The number of pyridine rings is 1.